The van der Waals surface area contributed by atoms with E-state index < -0.39 is 15.8 Å². The molecule has 0 radical (unpaired) electrons. The fourth-order valence-electron chi connectivity index (χ4n) is 2.35. The molecule has 1 aliphatic rings. The maximum atomic E-state index is 13.3. The van der Waals surface area contributed by atoms with Crippen LogP contribution in [0.4, 0.5) is 10.1 Å². The summed E-state index contributed by atoms with van der Waals surface area (Å²) in [5.41, 5.74) is 5.28. The number of anilines is 1. The first kappa shape index (κ1) is 15.2. The molecule has 7 heteroatoms. The van der Waals surface area contributed by atoms with E-state index in [1.165, 1.54) is 12.1 Å². The van der Waals surface area contributed by atoms with Crippen LogP contribution in [0.3, 0.4) is 0 Å². The minimum atomic E-state index is -3.68. The maximum Gasteiger partial charge on any atom is 0.240 e. The summed E-state index contributed by atoms with van der Waals surface area (Å²) in [6, 6.07) is 3.52. The standard InChI is InChI=1S/C13H20FN3O2S/c1-2-17-6-5-10(9-17)8-16-20(18,19)11-3-4-13(15)12(14)7-11/h3-4,7,10,16H,2,5-6,8-9,15H2,1H3. The Morgan fingerprint density at radius 1 is 1.50 bits per heavy atom. The molecule has 1 aromatic rings. The Morgan fingerprint density at radius 2 is 2.25 bits per heavy atom. The third-order valence-corrected chi connectivity index (χ3v) is 5.08. The molecule has 112 valence electrons. The van der Waals surface area contributed by atoms with Gasteiger partial charge in [-0.05, 0) is 43.6 Å². The minimum Gasteiger partial charge on any atom is -0.396 e. The predicted octanol–water partition coefficient (Wildman–Crippen LogP) is 1.03. The van der Waals surface area contributed by atoms with Gasteiger partial charge in [-0.3, -0.25) is 0 Å². The maximum absolute atomic E-state index is 13.3. The van der Waals surface area contributed by atoms with Gasteiger partial charge in [-0.1, -0.05) is 6.92 Å². The molecule has 2 rings (SSSR count). The van der Waals surface area contributed by atoms with Crippen LogP contribution in [-0.2, 0) is 10.0 Å². The zero-order chi connectivity index (χ0) is 14.8. The number of halogens is 1. The van der Waals surface area contributed by atoms with Crippen molar-refractivity contribution in [1.29, 1.82) is 0 Å². The zero-order valence-electron chi connectivity index (χ0n) is 11.5. The molecule has 1 aliphatic heterocycles. The molecule has 0 bridgehead atoms. The van der Waals surface area contributed by atoms with Crippen molar-refractivity contribution in [2.75, 3.05) is 31.9 Å². The van der Waals surface area contributed by atoms with Crippen LogP contribution in [-0.4, -0.2) is 39.5 Å². The number of rotatable bonds is 5. The third-order valence-electron chi connectivity index (χ3n) is 3.66. The average Bonchev–Trinajstić information content (AvgIpc) is 2.87. The van der Waals surface area contributed by atoms with Crippen LogP contribution in [0.1, 0.15) is 13.3 Å². The molecule has 1 fully saturated rings. The molecule has 5 nitrogen and oxygen atoms in total. The second-order valence-electron chi connectivity index (χ2n) is 5.08. The summed E-state index contributed by atoms with van der Waals surface area (Å²) in [5.74, 6) is -0.408. The highest BCUT2D eigenvalue weighted by Gasteiger charge is 2.23. The number of nitrogen functional groups attached to an aromatic ring is 1. The second-order valence-corrected chi connectivity index (χ2v) is 6.85. The van der Waals surface area contributed by atoms with Crippen molar-refractivity contribution in [3.8, 4) is 0 Å². The van der Waals surface area contributed by atoms with E-state index in [2.05, 4.69) is 16.5 Å². The Morgan fingerprint density at radius 3 is 2.85 bits per heavy atom. The zero-order valence-corrected chi connectivity index (χ0v) is 12.3. The van der Waals surface area contributed by atoms with Gasteiger partial charge in [-0.2, -0.15) is 0 Å². The lowest BCUT2D eigenvalue weighted by Crippen LogP contribution is -2.31. The van der Waals surface area contributed by atoms with Crippen molar-refractivity contribution in [2.45, 2.75) is 18.2 Å². The van der Waals surface area contributed by atoms with Crippen LogP contribution in [0.25, 0.3) is 0 Å². The van der Waals surface area contributed by atoms with Gasteiger partial charge in [0.05, 0.1) is 10.6 Å². The summed E-state index contributed by atoms with van der Waals surface area (Å²) in [5, 5.41) is 0. The summed E-state index contributed by atoms with van der Waals surface area (Å²) in [6.45, 7) is 5.34. The highest BCUT2D eigenvalue weighted by Crippen LogP contribution is 2.18. The summed E-state index contributed by atoms with van der Waals surface area (Å²) >= 11 is 0. The number of nitrogens with one attached hydrogen (secondary N) is 1. The molecule has 1 saturated heterocycles. The Hall–Kier alpha value is -1.18. The number of sulfonamides is 1. The predicted molar refractivity (Wildman–Crippen MR) is 76.2 cm³/mol. The summed E-state index contributed by atoms with van der Waals surface area (Å²) < 4.78 is 40.0. The molecule has 0 aromatic heterocycles. The van der Waals surface area contributed by atoms with E-state index in [0.29, 0.717) is 12.5 Å². The Balaban J connectivity index is 1.99. The van der Waals surface area contributed by atoms with E-state index in [1.54, 1.807) is 0 Å². The summed E-state index contributed by atoms with van der Waals surface area (Å²) in [6.07, 6.45) is 0.979. The van der Waals surface area contributed by atoms with Crippen LogP contribution < -0.4 is 10.5 Å². The minimum absolute atomic E-state index is 0.0571. The van der Waals surface area contributed by atoms with Gasteiger partial charge in [-0.25, -0.2) is 17.5 Å². The Bertz CT molecular complexity index is 577. The molecule has 0 spiro atoms. The molecule has 3 N–H and O–H groups in total. The smallest absolute Gasteiger partial charge is 0.240 e. The number of benzene rings is 1. The number of likely N-dealkylation sites (tertiary alicyclic amines) is 1. The lowest BCUT2D eigenvalue weighted by molar-refractivity contribution is 0.342. The van der Waals surface area contributed by atoms with Crippen molar-refractivity contribution in [3.63, 3.8) is 0 Å². The summed E-state index contributed by atoms with van der Waals surface area (Å²) in [7, 11) is -3.68. The van der Waals surface area contributed by atoms with Crippen molar-refractivity contribution in [1.82, 2.24) is 9.62 Å². The lowest BCUT2D eigenvalue weighted by Gasteiger charge is -2.14. The SMILES string of the molecule is CCN1CCC(CNS(=O)(=O)c2ccc(N)c(F)c2)C1. The van der Waals surface area contributed by atoms with Crippen LogP contribution in [0.5, 0.6) is 0 Å². The third kappa shape index (κ3) is 3.47. The van der Waals surface area contributed by atoms with Crippen LogP contribution in [0.2, 0.25) is 0 Å². The van der Waals surface area contributed by atoms with E-state index in [-0.39, 0.29) is 10.6 Å². The largest absolute Gasteiger partial charge is 0.396 e. The van der Waals surface area contributed by atoms with Gasteiger partial charge in [0.25, 0.3) is 0 Å². The van der Waals surface area contributed by atoms with E-state index in [9.17, 15) is 12.8 Å². The van der Waals surface area contributed by atoms with Crippen molar-refractivity contribution in [2.24, 2.45) is 5.92 Å². The van der Waals surface area contributed by atoms with Crippen molar-refractivity contribution < 1.29 is 12.8 Å². The van der Waals surface area contributed by atoms with Crippen molar-refractivity contribution in [3.05, 3.63) is 24.0 Å². The van der Waals surface area contributed by atoms with Gasteiger partial charge >= 0.3 is 0 Å². The molecular weight excluding hydrogens is 281 g/mol. The molecule has 0 saturated carbocycles. The first-order valence-corrected chi connectivity index (χ1v) is 8.17. The highest BCUT2D eigenvalue weighted by molar-refractivity contribution is 7.89. The van der Waals surface area contributed by atoms with E-state index in [1.807, 2.05) is 0 Å². The topological polar surface area (TPSA) is 75.4 Å². The van der Waals surface area contributed by atoms with E-state index in [4.69, 9.17) is 5.73 Å². The molecular formula is C13H20FN3O2S. The lowest BCUT2D eigenvalue weighted by atomic mass is 10.1. The fraction of sp³-hybridized carbons (Fsp3) is 0.538. The molecule has 1 heterocycles. The van der Waals surface area contributed by atoms with Crippen LogP contribution >= 0.6 is 0 Å². The monoisotopic (exact) mass is 301 g/mol. The Labute approximate surface area is 119 Å². The molecule has 1 unspecified atom stereocenters. The van der Waals surface area contributed by atoms with Gasteiger partial charge in [0.2, 0.25) is 10.0 Å². The number of hydrogen-bond acceptors (Lipinski definition) is 4. The van der Waals surface area contributed by atoms with E-state index in [0.717, 1.165) is 32.1 Å². The number of nitrogens with zero attached hydrogens (tertiary/aromatic N) is 1. The molecule has 1 atom stereocenters. The van der Waals surface area contributed by atoms with Crippen LogP contribution in [0.15, 0.2) is 23.1 Å². The first-order chi connectivity index (χ1) is 9.42. The first-order valence-electron chi connectivity index (χ1n) is 6.69. The highest BCUT2D eigenvalue weighted by atomic mass is 32.2. The second kappa shape index (κ2) is 6.07. The van der Waals surface area contributed by atoms with Crippen LogP contribution in [0, 0.1) is 11.7 Å². The van der Waals surface area contributed by atoms with E-state index >= 15 is 0 Å². The Kier molecular flexibility index (Phi) is 4.62. The van der Waals surface area contributed by atoms with Gasteiger partial charge in [0.15, 0.2) is 0 Å². The summed E-state index contributed by atoms with van der Waals surface area (Å²) in [4.78, 5) is 2.19. The normalized spacial score (nSPS) is 20.4. The molecule has 0 aliphatic carbocycles. The van der Waals surface area contributed by atoms with Gasteiger partial charge in [0, 0.05) is 13.1 Å². The van der Waals surface area contributed by atoms with Gasteiger partial charge < -0.3 is 10.6 Å². The fourth-order valence-corrected chi connectivity index (χ4v) is 3.48. The molecule has 0 amide bonds. The van der Waals surface area contributed by atoms with Gasteiger partial charge in [0.1, 0.15) is 5.82 Å². The molecule has 1 aromatic carbocycles. The number of nitrogens with two attached hydrogens (primary N) is 1. The quantitative estimate of drug-likeness (QED) is 0.797. The van der Waals surface area contributed by atoms with Gasteiger partial charge in [-0.15, -0.1) is 0 Å². The van der Waals surface area contributed by atoms with Crippen molar-refractivity contribution >= 4 is 15.7 Å². The average molecular weight is 301 g/mol. The number of hydrogen-bond donors (Lipinski definition) is 2. The molecule has 20 heavy (non-hydrogen) atoms.